The van der Waals surface area contributed by atoms with E-state index in [-0.39, 0.29) is 45.6 Å². The van der Waals surface area contributed by atoms with Crippen LogP contribution in [-0.2, 0) is 0 Å². The van der Waals surface area contributed by atoms with E-state index in [1.807, 2.05) is 13.8 Å². The van der Waals surface area contributed by atoms with Gasteiger partial charge in [-0.1, -0.05) is 38.1 Å². The molecule has 1 aromatic heterocycles. The number of hydrogen-bond acceptors (Lipinski definition) is 9. The number of carbonyl (C=O) groups excluding carboxylic acids is 2. The van der Waals surface area contributed by atoms with E-state index in [1.54, 1.807) is 24.3 Å². The van der Waals surface area contributed by atoms with Gasteiger partial charge in [0.05, 0.1) is 36.8 Å². The molecule has 0 aliphatic rings. The minimum Gasteiger partial charge on any atom is -0.488 e. The summed E-state index contributed by atoms with van der Waals surface area (Å²) in [6.07, 6.45) is 3.98. The second-order valence-corrected chi connectivity index (χ2v) is 9.39. The summed E-state index contributed by atoms with van der Waals surface area (Å²) in [6.45, 7) is 4.32. The van der Waals surface area contributed by atoms with E-state index < -0.39 is 23.8 Å². The Morgan fingerprint density at radius 3 is 1.39 bits per heavy atom. The Kier molecular flexibility index (Phi) is 11.1. The second kappa shape index (κ2) is 14.9. The molecular weight excluding hydrogens is 552 g/mol. The molecule has 3 aromatic rings. The van der Waals surface area contributed by atoms with Crippen molar-refractivity contribution in [1.82, 2.24) is 10.9 Å². The number of amides is 2. The molecule has 3 rings (SSSR count). The van der Waals surface area contributed by atoms with E-state index in [4.69, 9.17) is 19.7 Å². The molecule has 41 heavy (non-hydrogen) atoms. The van der Waals surface area contributed by atoms with Crippen molar-refractivity contribution in [2.45, 2.75) is 26.7 Å². The Morgan fingerprint density at radius 2 is 1.07 bits per heavy atom. The van der Waals surface area contributed by atoms with E-state index in [0.717, 1.165) is 11.3 Å². The van der Waals surface area contributed by atoms with Gasteiger partial charge in [0.2, 0.25) is 0 Å². The third kappa shape index (κ3) is 8.47. The molecule has 0 saturated carbocycles. The Bertz CT molecular complexity index is 1340. The van der Waals surface area contributed by atoms with Crippen molar-refractivity contribution in [3.05, 3.63) is 80.5 Å². The molecule has 2 amide bonds. The highest BCUT2D eigenvalue weighted by molar-refractivity contribution is 7.16. The molecule has 0 spiro atoms. The maximum absolute atomic E-state index is 13.1. The third-order valence-electron chi connectivity index (χ3n) is 5.21. The zero-order valence-corrected chi connectivity index (χ0v) is 23.1. The van der Waals surface area contributed by atoms with Gasteiger partial charge in [-0.25, -0.2) is 20.4 Å². The molecule has 0 bridgehead atoms. The lowest BCUT2D eigenvalue weighted by molar-refractivity contribution is 0.0686. The van der Waals surface area contributed by atoms with Gasteiger partial charge in [-0.05, 0) is 48.2 Å². The first-order valence-electron chi connectivity index (χ1n) is 12.5. The molecule has 12 nitrogen and oxygen atoms in total. The minimum absolute atomic E-state index is 0.0707. The van der Waals surface area contributed by atoms with Crippen molar-refractivity contribution >= 4 is 47.5 Å². The first kappa shape index (κ1) is 30.5. The molecule has 1 heterocycles. The zero-order chi connectivity index (χ0) is 29.8. The van der Waals surface area contributed by atoms with Gasteiger partial charge in [-0.15, -0.1) is 11.3 Å². The number of benzene rings is 2. The molecule has 2 aromatic carbocycles. The van der Waals surface area contributed by atoms with Crippen LogP contribution in [-0.4, -0.2) is 59.6 Å². The van der Waals surface area contributed by atoms with Crippen molar-refractivity contribution in [3.8, 4) is 11.5 Å². The van der Waals surface area contributed by atoms with Crippen molar-refractivity contribution in [3.63, 3.8) is 0 Å². The van der Waals surface area contributed by atoms with E-state index in [0.29, 0.717) is 24.0 Å². The van der Waals surface area contributed by atoms with Crippen LogP contribution in [0.1, 0.15) is 77.9 Å². The van der Waals surface area contributed by atoms with Crippen LogP contribution in [0.2, 0.25) is 0 Å². The van der Waals surface area contributed by atoms with Crippen molar-refractivity contribution in [2.24, 2.45) is 10.2 Å². The number of rotatable bonds is 14. The molecule has 0 saturated heterocycles. The standard InChI is InChI=1S/C28H28N4O8S/c1-3-13-39-21-22(40-14-4-2)24(26(34)32-30-16-18-7-11-20(12-8-18)28(37)38)41-23(21)25(33)31-29-15-17-5-9-19(10-6-17)27(35)36/h5-12,15-16H,3-4,13-14H2,1-2H3,(H,31,33)(H,32,34)(H,35,36)(H,37,38)/b29-15+,30-16+. The second-order valence-electron chi connectivity index (χ2n) is 8.37. The van der Waals surface area contributed by atoms with Gasteiger partial charge < -0.3 is 19.7 Å². The lowest BCUT2D eigenvalue weighted by atomic mass is 10.1. The van der Waals surface area contributed by atoms with Crippen LogP contribution >= 0.6 is 11.3 Å². The zero-order valence-electron chi connectivity index (χ0n) is 22.2. The quantitative estimate of drug-likeness (QED) is 0.162. The van der Waals surface area contributed by atoms with Gasteiger partial charge in [0.15, 0.2) is 11.5 Å². The Labute approximate surface area is 239 Å². The number of thiophene rings is 1. The molecule has 0 atom stereocenters. The average molecular weight is 581 g/mol. The first-order valence-corrected chi connectivity index (χ1v) is 13.3. The topological polar surface area (TPSA) is 176 Å². The normalized spacial score (nSPS) is 11.0. The summed E-state index contributed by atoms with van der Waals surface area (Å²) in [4.78, 5) is 48.3. The fourth-order valence-corrected chi connectivity index (χ4v) is 4.20. The van der Waals surface area contributed by atoms with Crippen LogP contribution < -0.4 is 20.3 Å². The predicted molar refractivity (Wildman–Crippen MR) is 153 cm³/mol. The number of nitrogens with zero attached hydrogens (tertiary/aromatic N) is 2. The summed E-state index contributed by atoms with van der Waals surface area (Å²) >= 11 is 0.854. The fraction of sp³-hybridized carbons (Fsp3) is 0.214. The number of carboxylic acid groups (broad SMARTS) is 2. The summed E-state index contributed by atoms with van der Waals surface area (Å²) in [5.41, 5.74) is 6.16. The molecule has 214 valence electrons. The molecule has 0 radical (unpaired) electrons. The maximum Gasteiger partial charge on any atom is 0.335 e. The molecule has 0 fully saturated rings. The van der Waals surface area contributed by atoms with E-state index in [1.165, 1.54) is 36.7 Å². The number of aromatic carboxylic acids is 2. The lowest BCUT2D eigenvalue weighted by Crippen LogP contribution is -2.17. The van der Waals surface area contributed by atoms with Gasteiger partial charge in [0.25, 0.3) is 11.8 Å². The van der Waals surface area contributed by atoms with Gasteiger partial charge in [0.1, 0.15) is 9.75 Å². The first-order chi connectivity index (χ1) is 19.7. The van der Waals surface area contributed by atoms with Gasteiger partial charge >= 0.3 is 11.9 Å². The third-order valence-corrected chi connectivity index (χ3v) is 6.36. The average Bonchev–Trinajstić information content (AvgIpc) is 3.33. The van der Waals surface area contributed by atoms with Gasteiger partial charge in [0, 0.05) is 0 Å². The lowest BCUT2D eigenvalue weighted by Gasteiger charge is -2.10. The van der Waals surface area contributed by atoms with Crippen LogP contribution in [0, 0.1) is 0 Å². The van der Waals surface area contributed by atoms with Crippen LogP contribution in [0.15, 0.2) is 58.7 Å². The number of ether oxygens (including phenoxy) is 2. The molecule has 4 N–H and O–H groups in total. The summed E-state index contributed by atoms with van der Waals surface area (Å²) in [7, 11) is 0. The molecule has 0 aliphatic heterocycles. The molecular formula is C28H28N4O8S. The molecule has 13 heteroatoms. The number of nitrogens with one attached hydrogen (secondary N) is 2. The molecule has 0 unspecified atom stereocenters. The predicted octanol–water partition coefficient (Wildman–Crippen LogP) is 4.25. The van der Waals surface area contributed by atoms with Crippen LogP contribution in [0.5, 0.6) is 11.5 Å². The van der Waals surface area contributed by atoms with Crippen LogP contribution in [0.4, 0.5) is 0 Å². The monoisotopic (exact) mass is 580 g/mol. The Morgan fingerprint density at radius 1 is 0.707 bits per heavy atom. The SMILES string of the molecule is CCCOc1c(C(=O)N/N=C/c2ccc(C(=O)O)cc2)sc(C(=O)N/N=C/c2ccc(C(=O)O)cc2)c1OCCC. The van der Waals surface area contributed by atoms with E-state index in [2.05, 4.69) is 21.1 Å². The largest absolute Gasteiger partial charge is 0.488 e. The van der Waals surface area contributed by atoms with Crippen molar-refractivity contribution < 1.29 is 38.9 Å². The number of carbonyl (C=O) groups is 4. The number of hydrogen-bond donors (Lipinski definition) is 4. The summed E-state index contributed by atoms with van der Waals surface area (Å²) in [5, 5.41) is 25.9. The molecule has 0 aliphatic carbocycles. The Balaban J connectivity index is 1.82. The van der Waals surface area contributed by atoms with Crippen LogP contribution in [0.25, 0.3) is 0 Å². The van der Waals surface area contributed by atoms with Gasteiger partial charge in [-0.2, -0.15) is 10.2 Å². The maximum atomic E-state index is 13.1. The fourth-order valence-electron chi connectivity index (χ4n) is 3.23. The Hall–Kier alpha value is -5.04. The highest BCUT2D eigenvalue weighted by Crippen LogP contribution is 2.42. The summed E-state index contributed by atoms with van der Waals surface area (Å²) in [6, 6.07) is 11.8. The van der Waals surface area contributed by atoms with E-state index in [9.17, 15) is 19.2 Å². The summed E-state index contributed by atoms with van der Waals surface area (Å²) < 4.78 is 11.6. The van der Waals surface area contributed by atoms with Crippen molar-refractivity contribution in [2.75, 3.05) is 13.2 Å². The van der Waals surface area contributed by atoms with Gasteiger partial charge in [-0.3, -0.25) is 9.59 Å². The summed E-state index contributed by atoms with van der Waals surface area (Å²) in [5.74, 6) is -3.16. The minimum atomic E-state index is -1.06. The van der Waals surface area contributed by atoms with Crippen molar-refractivity contribution in [1.29, 1.82) is 0 Å². The number of carboxylic acids is 2. The highest BCUT2D eigenvalue weighted by atomic mass is 32.1. The number of hydrazone groups is 2. The highest BCUT2D eigenvalue weighted by Gasteiger charge is 2.29. The smallest absolute Gasteiger partial charge is 0.335 e. The van der Waals surface area contributed by atoms with E-state index >= 15 is 0 Å². The van der Waals surface area contributed by atoms with Crippen LogP contribution in [0.3, 0.4) is 0 Å².